The van der Waals surface area contributed by atoms with Gasteiger partial charge in [-0.3, -0.25) is 19.8 Å². The van der Waals surface area contributed by atoms with Crippen LogP contribution in [0.15, 0.2) is 28.7 Å². The summed E-state index contributed by atoms with van der Waals surface area (Å²) < 4.78 is 0.886. The highest BCUT2D eigenvalue weighted by Gasteiger charge is 2.54. The Morgan fingerprint density at radius 3 is 2.57 bits per heavy atom. The Balaban J connectivity index is 1.89. The summed E-state index contributed by atoms with van der Waals surface area (Å²) in [6.45, 7) is 0.180. The highest BCUT2D eigenvalue weighted by molar-refractivity contribution is 9.10. The number of barbiturate groups is 1. The Hall–Kier alpha value is -1.69. The molecule has 1 aromatic carbocycles. The van der Waals surface area contributed by atoms with Gasteiger partial charge in [-0.05, 0) is 30.5 Å². The van der Waals surface area contributed by atoms with Gasteiger partial charge in [0.1, 0.15) is 5.41 Å². The van der Waals surface area contributed by atoms with Gasteiger partial charge in [-0.2, -0.15) is 0 Å². The number of benzene rings is 1. The molecule has 1 aliphatic heterocycles. The van der Waals surface area contributed by atoms with Crippen molar-refractivity contribution in [1.82, 2.24) is 10.2 Å². The van der Waals surface area contributed by atoms with Crippen molar-refractivity contribution in [2.75, 3.05) is 0 Å². The summed E-state index contributed by atoms with van der Waals surface area (Å²) in [6.07, 6.45) is 2.75. The number of halogens is 1. The standard InChI is InChI=1S/C15H15BrN2O3/c16-11-5-3-4-10(8-11)9-18-13(20)15(6-1-2-7-15)12(19)17-14(18)21/h3-5,8H,1-2,6-7,9H2,(H,17,19,21). The third-order valence-corrected chi connectivity index (χ3v) is 4.73. The fourth-order valence-corrected chi connectivity index (χ4v) is 3.56. The van der Waals surface area contributed by atoms with E-state index >= 15 is 0 Å². The van der Waals surface area contributed by atoms with Gasteiger partial charge in [0.25, 0.3) is 0 Å². The average Bonchev–Trinajstić information content (AvgIpc) is 2.93. The molecule has 3 rings (SSSR count). The molecule has 2 fully saturated rings. The van der Waals surface area contributed by atoms with Crippen molar-refractivity contribution in [3.63, 3.8) is 0 Å². The van der Waals surface area contributed by atoms with Crippen LogP contribution in [0.4, 0.5) is 4.79 Å². The summed E-state index contributed by atoms with van der Waals surface area (Å²) in [5.74, 6) is -0.783. The normalized spacial score (nSPS) is 21.0. The Bertz CT molecular complexity index is 623. The minimum absolute atomic E-state index is 0.180. The maximum absolute atomic E-state index is 12.7. The van der Waals surface area contributed by atoms with E-state index in [2.05, 4.69) is 21.2 Å². The number of carbonyl (C=O) groups excluding carboxylic acids is 3. The highest BCUT2D eigenvalue weighted by atomic mass is 79.9. The molecule has 1 spiro atoms. The molecule has 6 heteroatoms. The van der Waals surface area contributed by atoms with E-state index in [0.717, 1.165) is 27.8 Å². The lowest BCUT2D eigenvalue weighted by atomic mass is 9.82. The number of nitrogens with one attached hydrogen (secondary N) is 1. The first-order valence-corrected chi connectivity index (χ1v) is 7.74. The molecule has 1 aromatic rings. The fourth-order valence-electron chi connectivity index (χ4n) is 3.11. The van der Waals surface area contributed by atoms with Crippen LogP contribution in [0.5, 0.6) is 0 Å². The summed E-state index contributed by atoms with van der Waals surface area (Å²) in [6, 6.07) is 6.82. The zero-order valence-corrected chi connectivity index (χ0v) is 13.0. The second kappa shape index (κ2) is 5.26. The molecule has 4 amide bonds. The van der Waals surface area contributed by atoms with Gasteiger partial charge in [0.2, 0.25) is 11.8 Å². The zero-order chi connectivity index (χ0) is 15.0. The molecule has 0 aromatic heterocycles. The van der Waals surface area contributed by atoms with Crippen LogP contribution in [0.2, 0.25) is 0 Å². The maximum Gasteiger partial charge on any atom is 0.331 e. The van der Waals surface area contributed by atoms with E-state index in [4.69, 9.17) is 0 Å². The van der Waals surface area contributed by atoms with Crippen molar-refractivity contribution in [3.8, 4) is 0 Å². The first-order chi connectivity index (χ1) is 10.0. The number of amides is 4. The first-order valence-electron chi connectivity index (χ1n) is 6.95. The van der Waals surface area contributed by atoms with Crippen LogP contribution in [0.3, 0.4) is 0 Å². The Morgan fingerprint density at radius 1 is 1.19 bits per heavy atom. The fraction of sp³-hybridized carbons (Fsp3) is 0.400. The summed E-state index contributed by atoms with van der Waals surface area (Å²) in [4.78, 5) is 38.0. The highest BCUT2D eigenvalue weighted by Crippen LogP contribution is 2.42. The summed E-state index contributed by atoms with van der Waals surface area (Å²) in [7, 11) is 0. The topological polar surface area (TPSA) is 66.5 Å². The molecule has 110 valence electrons. The Labute approximate surface area is 130 Å². The van der Waals surface area contributed by atoms with Crippen molar-refractivity contribution in [3.05, 3.63) is 34.3 Å². The molecule has 1 saturated carbocycles. The van der Waals surface area contributed by atoms with Crippen LogP contribution in [0, 0.1) is 5.41 Å². The van der Waals surface area contributed by atoms with Crippen LogP contribution in [0.25, 0.3) is 0 Å². The molecule has 0 unspecified atom stereocenters. The monoisotopic (exact) mass is 350 g/mol. The van der Waals surface area contributed by atoms with Gasteiger partial charge in [0, 0.05) is 4.47 Å². The van der Waals surface area contributed by atoms with Gasteiger partial charge in [-0.25, -0.2) is 4.79 Å². The van der Waals surface area contributed by atoms with Crippen LogP contribution in [0.1, 0.15) is 31.2 Å². The third kappa shape index (κ3) is 2.37. The van der Waals surface area contributed by atoms with Gasteiger partial charge in [0.05, 0.1) is 6.54 Å². The van der Waals surface area contributed by atoms with E-state index in [-0.39, 0.29) is 12.5 Å². The zero-order valence-electron chi connectivity index (χ0n) is 11.4. The molecule has 2 aliphatic rings. The largest absolute Gasteiger partial charge is 0.331 e. The lowest BCUT2D eigenvalue weighted by Crippen LogP contribution is -2.62. The number of urea groups is 1. The number of nitrogens with zero attached hydrogens (tertiary/aromatic N) is 1. The van der Waals surface area contributed by atoms with Crippen LogP contribution in [-0.2, 0) is 16.1 Å². The molecule has 1 saturated heterocycles. The van der Waals surface area contributed by atoms with Crippen molar-refractivity contribution < 1.29 is 14.4 Å². The quantitative estimate of drug-likeness (QED) is 0.833. The number of hydrogen-bond donors (Lipinski definition) is 1. The first kappa shape index (κ1) is 14.3. The van der Waals surface area contributed by atoms with Gasteiger partial charge in [-0.15, -0.1) is 0 Å². The maximum atomic E-state index is 12.7. The van der Waals surface area contributed by atoms with Crippen LogP contribution >= 0.6 is 15.9 Å². The van der Waals surface area contributed by atoms with Gasteiger partial charge < -0.3 is 0 Å². The van der Waals surface area contributed by atoms with E-state index in [9.17, 15) is 14.4 Å². The van der Waals surface area contributed by atoms with Crippen molar-refractivity contribution in [2.24, 2.45) is 5.41 Å². The molecule has 1 heterocycles. The molecule has 5 nitrogen and oxygen atoms in total. The smallest absolute Gasteiger partial charge is 0.277 e. The Morgan fingerprint density at radius 2 is 1.90 bits per heavy atom. The van der Waals surface area contributed by atoms with Crippen molar-refractivity contribution >= 4 is 33.8 Å². The minimum atomic E-state index is -1.03. The molecule has 0 atom stereocenters. The number of carbonyl (C=O) groups is 3. The summed E-state index contributed by atoms with van der Waals surface area (Å²) >= 11 is 3.37. The number of imide groups is 2. The number of rotatable bonds is 2. The van der Waals surface area contributed by atoms with E-state index in [1.165, 1.54) is 0 Å². The van der Waals surface area contributed by atoms with E-state index in [1.807, 2.05) is 24.3 Å². The molecule has 21 heavy (non-hydrogen) atoms. The molecule has 1 N–H and O–H groups in total. The van der Waals surface area contributed by atoms with E-state index in [1.54, 1.807) is 0 Å². The van der Waals surface area contributed by atoms with E-state index in [0.29, 0.717) is 12.8 Å². The SMILES string of the molecule is O=C1NC(=O)C2(CCCC2)C(=O)N1Cc1cccc(Br)c1. The molecule has 0 bridgehead atoms. The van der Waals surface area contributed by atoms with Gasteiger partial charge in [-0.1, -0.05) is 40.9 Å². The molecule has 1 aliphatic carbocycles. The van der Waals surface area contributed by atoms with Gasteiger partial charge >= 0.3 is 6.03 Å². The minimum Gasteiger partial charge on any atom is -0.277 e. The van der Waals surface area contributed by atoms with Crippen molar-refractivity contribution in [1.29, 1.82) is 0 Å². The predicted octanol–water partition coefficient (Wildman–Crippen LogP) is 2.59. The molecular formula is C15H15BrN2O3. The third-order valence-electron chi connectivity index (χ3n) is 4.24. The predicted molar refractivity (Wildman–Crippen MR) is 79.1 cm³/mol. The van der Waals surface area contributed by atoms with E-state index < -0.39 is 17.4 Å². The van der Waals surface area contributed by atoms with Crippen LogP contribution in [-0.4, -0.2) is 22.7 Å². The summed E-state index contributed by atoms with van der Waals surface area (Å²) in [5.41, 5.74) is -0.185. The molecular weight excluding hydrogens is 336 g/mol. The average molecular weight is 351 g/mol. The summed E-state index contributed by atoms with van der Waals surface area (Å²) in [5, 5.41) is 2.34. The number of hydrogen-bond acceptors (Lipinski definition) is 3. The molecule has 0 radical (unpaired) electrons. The van der Waals surface area contributed by atoms with Gasteiger partial charge in [0.15, 0.2) is 0 Å². The second-order valence-corrected chi connectivity index (χ2v) is 6.49. The van der Waals surface area contributed by atoms with Crippen LogP contribution < -0.4 is 5.32 Å². The lowest BCUT2D eigenvalue weighted by Gasteiger charge is -2.36. The van der Waals surface area contributed by atoms with Crippen molar-refractivity contribution in [2.45, 2.75) is 32.2 Å². The lowest BCUT2D eigenvalue weighted by molar-refractivity contribution is -0.151. The second-order valence-electron chi connectivity index (χ2n) is 5.57. The Kier molecular flexibility index (Phi) is 3.57.